The number of pyridine rings is 1. The van der Waals surface area contributed by atoms with Crippen molar-refractivity contribution in [2.24, 2.45) is 0 Å². The summed E-state index contributed by atoms with van der Waals surface area (Å²) in [6.45, 7) is 8.33. The van der Waals surface area contributed by atoms with Crippen LogP contribution in [-0.2, 0) is 0 Å². The van der Waals surface area contributed by atoms with Crippen LogP contribution in [0.5, 0.6) is 0 Å². The maximum atomic E-state index is 5.36. The summed E-state index contributed by atoms with van der Waals surface area (Å²) in [7, 11) is 0. The zero-order valence-electron chi connectivity index (χ0n) is 14.8. The van der Waals surface area contributed by atoms with E-state index in [1.807, 2.05) is 13.8 Å². The first-order chi connectivity index (χ1) is 12.1. The van der Waals surface area contributed by atoms with Gasteiger partial charge in [0.1, 0.15) is 5.76 Å². The van der Waals surface area contributed by atoms with E-state index in [-0.39, 0.29) is 0 Å². The molecular formula is C21H19N3O. The molecule has 0 aliphatic heterocycles. The lowest BCUT2D eigenvalue weighted by Crippen LogP contribution is -2.06. The summed E-state index contributed by atoms with van der Waals surface area (Å²) in [5, 5.41) is 5.35. The number of nitrogens with one attached hydrogen (secondary N) is 1. The van der Waals surface area contributed by atoms with Crippen LogP contribution in [0.15, 0.2) is 34.9 Å². The fourth-order valence-electron chi connectivity index (χ4n) is 4.33. The van der Waals surface area contributed by atoms with Crippen molar-refractivity contribution in [2.45, 2.75) is 33.6 Å². The first-order valence-electron chi connectivity index (χ1n) is 8.62. The zero-order valence-corrected chi connectivity index (χ0v) is 14.8. The lowest BCUT2D eigenvalue weighted by atomic mass is 9.81. The van der Waals surface area contributed by atoms with Gasteiger partial charge in [-0.2, -0.15) is 0 Å². The number of nitrogens with zero attached hydrogens (tertiary/aromatic N) is 2. The minimum atomic E-state index is 0.365. The van der Waals surface area contributed by atoms with Gasteiger partial charge >= 0.3 is 0 Å². The Balaban J connectivity index is 1.92. The average Bonchev–Trinajstić information content (AvgIpc) is 3.11. The zero-order chi connectivity index (χ0) is 17.3. The third kappa shape index (κ3) is 1.82. The molecule has 25 heavy (non-hydrogen) atoms. The Morgan fingerprint density at radius 3 is 2.68 bits per heavy atom. The van der Waals surface area contributed by atoms with Crippen LogP contribution in [0.2, 0.25) is 0 Å². The Hall–Kier alpha value is -2.88. The highest BCUT2D eigenvalue weighted by molar-refractivity contribution is 6.02. The molecule has 5 rings (SSSR count). The van der Waals surface area contributed by atoms with Gasteiger partial charge in [0.25, 0.3) is 0 Å². The standard InChI is InChI=1S/C21H19N3O/c1-10-14-7-5-6-8-15(14)21-20-17(22-11(2)18(10)20)9-16(23-21)19-12(3)24-25-13(19)4/h5-10,22H,1-4H3. The average molecular weight is 329 g/mol. The quantitative estimate of drug-likeness (QED) is 0.517. The van der Waals surface area contributed by atoms with E-state index in [2.05, 4.69) is 54.3 Å². The van der Waals surface area contributed by atoms with E-state index in [1.54, 1.807) is 0 Å². The summed E-state index contributed by atoms with van der Waals surface area (Å²) < 4.78 is 5.36. The minimum absolute atomic E-state index is 0.365. The number of rotatable bonds is 1. The number of hydrogen-bond donors (Lipinski definition) is 1. The van der Waals surface area contributed by atoms with Crippen molar-refractivity contribution in [3.8, 4) is 22.5 Å². The number of hydrogen-bond acceptors (Lipinski definition) is 3. The van der Waals surface area contributed by atoms with E-state index in [9.17, 15) is 0 Å². The first kappa shape index (κ1) is 14.5. The number of benzene rings is 1. The molecule has 0 spiro atoms. The molecule has 3 heterocycles. The largest absolute Gasteiger partial charge is 0.361 e. The molecule has 0 radical (unpaired) electrons. The van der Waals surface area contributed by atoms with Crippen molar-refractivity contribution in [1.82, 2.24) is 15.1 Å². The first-order valence-corrected chi connectivity index (χ1v) is 8.62. The SMILES string of the molecule is Cc1noc(C)c1-c1cc2[nH]c(C)c3c2c(n1)-c1ccccc1C3C. The van der Waals surface area contributed by atoms with Gasteiger partial charge in [-0.3, -0.25) is 0 Å². The number of H-pyrrole nitrogens is 1. The molecule has 4 aromatic rings. The molecule has 1 N–H and O–H groups in total. The molecule has 1 aromatic carbocycles. The van der Waals surface area contributed by atoms with Gasteiger partial charge in [0.2, 0.25) is 0 Å². The van der Waals surface area contributed by atoms with Gasteiger partial charge in [-0.25, -0.2) is 4.98 Å². The van der Waals surface area contributed by atoms with Crippen molar-refractivity contribution in [1.29, 1.82) is 0 Å². The van der Waals surface area contributed by atoms with Crippen LogP contribution in [0, 0.1) is 20.8 Å². The summed E-state index contributed by atoms with van der Waals surface area (Å²) >= 11 is 0. The van der Waals surface area contributed by atoms with E-state index in [4.69, 9.17) is 9.51 Å². The van der Waals surface area contributed by atoms with Gasteiger partial charge in [-0.05, 0) is 38.0 Å². The van der Waals surface area contributed by atoms with Crippen molar-refractivity contribution in [2.75, 3.05) is 0 Å². The van der Waals surface area contributed by atoms with Gasteiger partial charge in [0.15, 0.2) is 0 Å². The van der Waals surface area contributed by atoms with Gasteiger partial charge in [0.05, 0.1) is 28.2 Å². The normalized spacial score (nSPS) is 15.6. The molecular weight excluding hydrogens is 310 g/mol. The molecule has 0 fully saturated rings. The molecule has 4 nitrogen and oxygen atoms in total. The fraction of sp³-hybridized carbons (Fsp3) is 0.238. The van der Waals surface area contributed by atoms with Crippen LogP contribution in [0.3, 0.4) is 0 Å². The van der Waals surface area contributed by atoms with Crippen molar-refractivity contribution in [3.63, 3.8) is 0 Å². The van der Waals surface area contributed by atoms with Gasteiger partial charge in [0, 0.05) is 22.6 Å². The second kappa shape index (κ2) is 4.82. The van der Waals surface area contributed by atoms with Gasteiger partial charge in [-0.1, -0.05) is 36.3 Å². The maximum absolute atomic E-state index is 5.36. The van der Waals surface area contributed by atoms with Crippen LogP contribution in [0.25, 0.3) is 33.4 Å². The lowest BCUT2D eigenvalue weighted by molar-refractivity contribution is 0.393. The molecule has 1 aliphatic carbocycles. The van der Waals surface area contributed by atoms with Crippen molar-refractivity contribution >= 4 is 10.9 Å². The molecule has 1 atom stereocenters. The van der Waals surface area contributed by atoms with Crippen LogP contribution in [-0.4, -0.2) is 15.1 Å². The molecule has 0 saturated heterocycles. The Labute approximate surface area is 145 Å². The number of aryl methyl sites for hydroxylation is 3. The molecule has 0 amide bonds. The third-order valence-electron chi connectivity index (χ3n) is 5.42. The summed E-state index contributed by atoms with van der Waals surface area (Å²) in [6, 6.07) is 10.7. The van der Waals surface area contributed by atoms with Crippen LogP contribution in [0.1, 0.15) is 41.1 Å². The summed E-state index contributed by atoms with van der Waals surface area (Å²) in [4.78, 5) is 8.64. The second-order valence-electron chi connectivity index (χ2n) is 6.95. The molecule has 0 bridgehead atoms. The Morgan fingerprint density at radius 2 is 1.92 bits per heavy atom. The number of aromatic amines is 1. The molecule has 124 valence electrons. The van der Waals surface area contributed by atoms with Crippen LogP contribution in [0.4, 0.5) is 0 Å². The summed E-state index contributed by atoms with van der Waals surface area (Å²) in [5.41, 5.74) is 10.1. The second-order valence-corrected chi connectivity index (χ2v) is 6.95. The van der Waals surface area contributed by atoms with E-state index in [1.165, 1.54) is 27.8 Å². The molecule has 3 aromatic heterocycles. The van der Waals surface area contributed by atoms with Crippen LogP contribution < -0.4 is 0 Å². The maximum Gasteiger partial charge on any atom is 0.143 e. The monoisotopic (exact) mass is 329 g/mol. The Bertz CT molecular complexity index is 1130. The van der Waals surface area contributed by atoms with Crippen molar-refractivity contribution in [3.05, 3.63) is 58.6 Å². The van der Waals surface area contributed by atoms with Crippen molar-refractivity contribution < 1.29 is 4.52 Å². The highest BCUT2D eigenvalue weighted by atomic mass is 16.5. The predicted octanol–water partition coefficient (Wildman–Crippen LogP) is 5.28. The number of fused-ring (bicyclic) bond motifs is 2. The highest BCUT2D eigenvalue weighted by Gasteiger charge is 2.29. The van der Waals surface area contributed by atoms with E-state index in [0.29, 0.717) is 5.92 Å². The Morgan fingerprint density at radius 1 is 1.12 bits per heavy atom. The van der Waals surface area contributed by atoms with Gasteiger partial charge < -0.3 is 9.51 Å². The number of aromatic nitrogens is 3. The molecule has 1 unspecified atom stereocenters. The Kier molecular flexibility index (Phi) is 2.79. The van der Waals surface area contributed by atoms with E-state index >= 15 is 0 Å². The predicted molar refractivity (Wildman–Crippen MR) is 98.8 cm³/mol. The van der Waals surface area contributed by atoms with Crippen LogP contribution >= 0.6 is 0 Å². The minimum Gasteiger partial charge on any atom is -0.361 e. The smallest absolute Gasteiger partial charge is 0.143 e. The fourth-order valence-corrected chi connectivity index (χ4v) is 4.33. The third-order valence-corrected chi connectivity index (χ3v) is 5.42. The topological polar surface area (TPSA) is 54.7 Å². The summed E-state index contributed by atoms with van der Waals surface area (Å²) in [6.07, 6.45) is 0. The lowest BCUT2D eigenvalue weighted by Gasteiger charge is -2.23. The van der Waals surface area contributed by atoms with E-state index in [0.717, 1.165) is 33.9 Å². The molecule has 4 heteroatoms. The van der Waals surface area contributed by atoms with Gasteiger partial charge in [-0.15, -0.1) is 0 Å². The molecule has 0 saturated carbocycles. The molecule has 1 aliphatic rings. The van der Waals surface area contributed by atoms with E-state index < -0.39 is 0 Å². The highest BCUT2D eigenvalue weighted by Crippen LogP contribution is 2.46. The summed E-state index contributed by atoms with van der Waals surface area (Å²) in [5.74, 6) is 1.17.